The molecule has 1 aliphatic rings. The number of aliphatic hydroxyl groups is 1. The van der Waals surface area contributed by atoms with Crippen molar-refractivity contribution in [3.8, 4) is 5.75 Å². The van der Waals surface area contributed by atoms with Crippen LogP contribution in [0.15, 0.2) is 150 Å². The van der Waals surface area contributed by atoms with E-state index in [4.69, 9.17) is 23.4 Å². The van der Waals surface area contributed by atoms with E-state index in [0.717, 1.165) is 32.9 Å². The highest BCUT2D eigenvalue weighted by molar-refractivity contribution is 7.99. The molecule has 6 rings (SSSR count). The molecule has 54 heavy (non-hydrogen) atoms. The highest BCUT2D eigenvalue weighted by Crippen LogP contribution is 2.47. The molecule has 1 fully saturated rings. The fraction of sp³-hybridized carbons (Fsp3) is 0.348. The van der Waals surface area contributed by atoms with Crippen LogP contribution < -0.4 is 4.74 Å². The Hall–Kier alpha value is -3.73. The molecule has 0 spiro atoms. The van der Waals surface area contributed by atoms with Gasteiger partial charge in [0.1, 0.15) is 40.7 Å². The number of hydrogen-bond acceptors (Lipinski definition) is 7. The Kier molecular flexibility index (Phi) is 12.5. The SMILES string of the molecule is COc1cccc(CO[C@@H]2[C@@H](O[Si](C)(C)C(C)(C)C)[C@](C)(O)[C@@H](COC(c3ccccc3)(c3ccccc3)c3ccccc3)O[C@H]2Sc2ccccc2)c1. The molecule has 284 valence electrons. The zero-order valence-electron chi connectivity index (χ0n) is 32.5. The minimum Gasteiger partial charge on any atom is -0.497 e. The standard InChI is InChI=1S/C46H54O6SSi/c1-44(2,3)54(6,7)52-42-41(49-32-34-21-20-28-38(31-34)48-5)43(53-39-29-18-11-19-30-39)51-40(45(42,4)47)33-50-46(35-22-12-8-13-23-35,36-24-14-9-15-25-36)37-26-16-10-17-27-37/h8-31,40-43,47H,32-33H2,1-7H3/t40-,41-,42-,43+,45-/m1/s1. The van der Waals surface area contributed by atoms with Gasteiger partial charge in [-0.15, -0.1) is 0 Å². The number of rotatable bonds is 14. The van der Waals surface area contributed by atoms with E-state index in [9.17, 15) is 5.11 Å². The minimum atomic E-state index is -2.48. The number of benzene rings is 5. The van der Waals surface area contributed by atoms with Gasteiger partial charge in [0.2, 0.25) is 0 Å². The summed E-state index contributed by atoms with van der Waals surface area (Å²) in [4.78, 5) is 1.02. The van der Waals surface area contributed by atoms with E-state index in [1.165, 1.54) is 0 Å². The highest BCUT2D eigenvalue weighted by Gasteiger charge is 2.57. The Morgan fingerprint density at radius 3 is 1.76 bits per heavy atom. The summed E-state index contributed by atoms with van der Waals surface area (Å²) < 4.78 is 34.0. The molecule has 0 aliphatic carbocycles. The van der Waals surface area contributed by atoms with Crippen LogP contribution in [0.1, 0.15) is 49.9 Å². The van der Waals surface area contributed by atoms with Crippen molar-refractivity contribution in [2.45, 2.75) is 92.3 Å². The van der Waals surface area contributed by atoms with Gasteiger partial charge in [0.15, 0.2) is 8.32 Å². The predicted molar refractivity (Wildman–Crippen MR) is 220 cm³/mol. The Morgan fingerprint density at radius 2 is 1.26 bits per heavy atom. The van der Waals surface area contributed by atoms with E-state index >= 15 is 0 Å². The fourth-order valence-electron chi connectivity index (χ4n) is 6.74. The van der Waals surface area contributed by atoms with Crippen LogP contribution in [0.25, 0.3) is 0 Å². The number of thioether (sulfide) groups is 1. The van der Waals surface area contributed by atoms with Crippen LogP contribution in [0, 0.1) is 0 Å². The molecule has 8 heteroatoms. The first-order chi connectivity index (χ1) is 25.8. The second-order valence-corrected chi connectivity index (χ2v) is 21.6. The third-order valence-electron chi connectivity index (χ3n) is 10.9. The van der Waals surface area contributed by atoms with Crippen molar-refractivity contribution in [1.82, 2.24) is 0 Å². The second-order valence-electron chi connectivity index (χ2n) is 15.7. The van der Waals surface area contributed by atoms with Crippen molar-refractivity contribution < 1.29 is 28.5 Å². The van der Waals surface area contributed by atoms with Gasteiger partial charge in [-0.3, -0.25) is 0 Å². The summed E-state index contributed by atoms with van der Waals surface area (Å²) in [6.07, 6.45) is -2.17. The third kappa shape index (κ3) is 8.71. The molecular formula is C46H54O6SSi. The van der Waals surface area contributed by atoms with Crippen LogP contribution in [0.4, 0.5) is 0 Å². The monoisotopic (exact) mass is 762 g/mol. The lowest BCUT2D eigenvalue weighted by atomic mass is 9.79. The van der Waals surface area contributed by atoms with E-state index in [1.54, 1.807) is 18.9 Å². The first kappa shape index (κ1) is 39.9. The van der Waals surface area contributed by atoms with Gasteiger partial charge >= 0.3 is 0 Å². The summed E-state index contributed by atoms with van der Waals surface area (Å²) in [5.74, 6) is 0.753. The average Bonchev–Trinajstić information content (AvgIpc) is 3.18. The van der Waals surface area contributed by atoms with Gasteiger partial charge in [-0.05, 0) is 71.6 Å². The molecule has 0 bridgehead atoms. The fourth-order valence-corrected chi connectivity index (χ4v) is 9.23. The van der Waals surface area contributed by atoms with Crippen molar-refractivity contribution in [3.63, 3.8) is 0 Å². The molecule has 0 unspecified atom stereocenters. The summed E-state index contributed by atoms with van der Waals surface area (Å²) in [6.45, 7) is 13.2. The number of hydrogen-bond donors (Lipinski definition) is 1. The van der Waals surface area contributed by atoms with Gasteiger partial charge in [-0.1, -0.05) is 154 Å². The maximum Gasteiger partial charge on any atom is 0.192 e. The maximum atomic E-state index is 12.9. The van der Waals surface area contributed by atoms with Crippen LogP contribution in [-0.4, -0.2) is 56.5 Å². The van der Waals surface area contributed by atoms with Crippen molar-refractivity contribution in [2.24, 2.45) is 0 Å². The molecule has 0 saturated carbocycles. The Balaban J connectivity index is 1.44. The Bertz CT molecular complexity index is 1800. The molecule has 5 aromatic rings. The molecule has 0 amide bonds. The quantitative estimate of drug-likeness (QED) is 0.0893. The lowest BCUT2D eigenvalue weighted by Crippen LogP contribution is -2.68. The molecular weight excluding hydrogens is 709 g/mol. The molecule has 0 aromatic heterocycles. The van der Waals surface area contributed by atoms with Crippen LogP contribution in [0.5, 0.6) is 5.75 Å². The zero-order chi connectivity index (χ0) is 38.4. The second kappa shape index (κ2) is 17.0. The molecule has 0 radical (unpaired) electrons. The Morgan fingerprint density at radius 1 is 0.741 bits per heavy atom. The minimum absolute atomic E-state index is 0.0670. The van der Waals surface area contributed by atoms with Gasteiger partial charge in [0, 0.05) is 4.90 Å². The lowest BCUT2D eigenvalue weighted by Gasteiger charge is -2.53. The van der Waals surface area contributed by atoms with Crippen LogP contribution >= 0.6 is 11.8 Å². The molecule has 6 nitrogen and oxygen atoms in total. The van der Waals surface area contributed by atoms with Gasteiger partial charge < -0.3 is 28.5 Å². The number of methoxy groups -OCH3 is 1. The predicted octanol–water partition coefficient (Wildman–Crippen LogP) is 10.2. The smallest absolute Gasteiger partial charge is 0.192 e. The molecule has 1 N–H and O–H groups in total. The number of ether oxygens (including phenoxy) is 4. The van der Waals surface area contributed by atoms with Crippen molar-refractivity contribution in [2.75, 3.05) is 13.7 Å². The van der Waals surface area contributed by atoms with E-state index < -0.39 is 43.3 Å². The summed E-state index contributed by atoms with van der Waals surface area (Å²) in [6, 6.07) is 48.9. The first-order valence-electron chi connectivity index (χ1n) is 18.7. The lowest BCUT2D eigenvalue weighted by molar-refractivity contribution is -0.264. The highest BCUT2D eigenvalue weighted by atomic mass is 32.2. The normalized spacial score (nSPS) is 22.1. The summed E-state index contributed by atoms with van der Waals surface area (Å²) >= 11 is 1.58. The van der Waals surface area contributed by atoms with E-state index in [0.29, 0.717) is 0 Å². The van der Waals surface area contributed by atoms with Crippen molar-refractivity contribution in [1.29, 1.82) is 0 Å². The van der Waals surface area contributed by atoms with Gasteiger partial charge in [-0.25, -0.2) is 0 Å². The summed E-state index contributed by atoms with van der Waals surface area (Å²) in [5, 5.41) is 12.8. The summed E-state index contributed by atoms with van der Waals surface area (Å²) in [5.41, 5.74) is 0.817. The van der Waals surface area contributed by atoms with Gasteiger partial charge in [0.25, 0.3) is 0 Å². The first-order valence-corrected chi connectivity index (χ1v) is 22.5. The zero-order valence-corrected chi connectivity index (χ0v) is 34.3. The largest absolute Gasteiger partial charge is 0.497 e. The van der Waals surface area contributed by atoms with Crippen LogP contribution in [-0.2, 0) is 30.8 Å². The van der Waals surface area contributed by atoms with Gasteiger partial charge in [-0.2, -0.15) is 0 Å². The molecule has 1 heterocycles. The molecule has 5 aromatic carbocycles. The Labute approximate surface area is 326 Å². The van der Waals surface area contributed by atoms with Gasteiger partial charge in [0.05, 0.1) is 20.3 Å². The summed E-state index contributed by atoms with van der Waals surface area (Å²) in [7, 11) is -0.822. The molecule has 5 atom stereocenters. The topological polar surface area (TPSA) is 66.4 Å². The molecule has 1 aliphatic heterocycles. The van der Waals surface area contributed by atoms with Crippen LogP contribution in [0.2, 0.25) is 18.1 Å². The van der Waals surface area contributed by atoms with Crippen LogP contribution in [0.3, 0.4) is 0 Å². The van der Waals surface area contributed by atoms with E-state index in [1.807, 2.05) is 104 Å². The molecule has 1 saturated heterocycles. The van der Waals surface area contributed by atoms with E-state index in [-0.39, 0.29) is 18.3 Å². The van der Waals surface area contributed by atoms with Crippen molar-refractivity contribution >= 4 is 20.1 Å². The average molecular weight is 763 g/mol. The maximum absolute atomic E-state index is 12.9. The van der Waals surface area contributed by atoms with Crippen molar-refractivity contribution in [3.05, 3.63) is 168 Å². The van der Waals surface area contributed by atoms with E-state index in [2.05, 4.69) is 82.4 Å². The third-order valence-corrected chi connectivity index (χ3v) is 16.5.